The van der Waals surface area contributed by atoms with Crippen LogP contribution in [0.2, 0.25) is 0 Å². The summed E-state index contributed by atoms with van der Waals surface area (Å²) >= 11 is 0. The lowest BCUT2D eigenvalue weighted by atomic mass is 10.0. The molecule has 4 rings (SSSR count). The lowest BCUT2D eigenvalue weighted by Gasteiger charge is -2.17. The third-order valence-corrected chi connectivity index (χ3v) is 4.65. The Morgan fingerprint density at radius 3 is 2.34 bits per heavy atom. The number of hydrogen-bond acceptors (Lipinski definition) is 5. The summed E-state index contributed by atoms with van der Waals surface area (Å²) in [7, 11) is 0. The van der Waals surface area contributed by atoms with Gasteiger partial charge in [-0.1, -0.05) is 65.4 Å². The van der Waals surface area contributed by atoms with Gasteiger partial charge in [0.05, 0.1) is 17.6 Å². The average Bonchev–Trinajstić information content (AvgIpc) is 3.17. The Morgan fingerprint density at radius 1 is 0.897 bits per heavy atom. The van der Waals surface area contributed by atoms with Gasteiger partial charge in [-0.05, 0) is 31.2 Å². The molecule has 1 heterocycles. The molecule has 3 aromatic carbocycles. The van der Waals surface area contributed by atoms with Crippen LogP contribution in [0.3, 0.4) is 0 Å². The number of Topliss-reactive ketones (excluding diaryl/α,β-unsaturated/α-hetero) is 1. The molecule has 1 atom stereocenters. The van der Waals surface area contributed by atoms with Crippen LogP contribution in [0, 0.1) is 6.92 Å². The monoisotopic (exact) mass is 385 g/mol. The highest BCUT2D eigenvalue weighted by molar-refractivity contribution is 6.01. The summed E-state index contributed by atoms with van der Waals surface area (Å²) in [6.07, 6.45) is -1.03. The van der Waals surface area contributed by atoms with Gasteiger partial charge in [-0.25, -0.2) is 9.48 Å². The number of aryl methyl sites for hydroxylation is 1. The van der Waals surface area contributed by atoms with E-state index in [1.807, 2.05) is 49.4 Å². The van der Waals surface area contributed by atoms with E-state index in [1.54, 1.807) is 41.1 Å². The smallest absolute Gasteiger partial charge is 0.338 e. The van der Waals surface area contributed by atoms with Crippen LogP contribution >= 0.6 is 0 Å². The second-order valence-corrected chi connectivity index (χ2v) is 6.75. The fraction of sp³-hybridized carbons (Fsp3) is 0.130. The van der Waals surface area contributed by atoms with Gasteiger partial charge in [-0.15, -0.1) is 5.10 Å². The molecular formula is C23H19N3O3. The number of esters is 1. The number of ether oxygens (including phenoxy) is 1. The molecule has 0 N–H and O–H groups in total. The molecular weight excluding hydrogens is 366 g/mol. The fourth-order valence-electron chi connectivity index (χ4n) is 3.06. The Balaban J connectivity index is 1.65. The number of aromatic nitrogens is 3. The van der Waals surface area contributed by atoms with Gasteiger partial charge in [0.1, 0.15) is 5.52 Å². The lowest BCUT2D eigenvalue weighted by Crippen LogP contribution is -2.32. The van der Waals surface area contributed by atoms with E-state index in [1.165, 1.54) is 0 Å². The van der Waals surface area contributed by atoms with Gasteiger partial charge in [0, 0.05) is 5.56 Å². The molecule has 4 aromatic rings. The summed E-state index contributed by atoms with van der Waals surface area (Å²) in [5.41, 5.74) is 3.39. The van der Waals surface area contributed by atoms with Crippen LogP contribution in [0.1, 0.15) is 26.3 Å². The number of nitrogens with zero attached hydrogens (tertiary/aromatic N) is 3. The van der Waals surface area contributed by atoms with E-state index in [0.717, 1.165) is 11.1 Å². The molecule has 0 aliphatic carbocycles. The van der Waals surface area contributed by atoms with Crippen molar-refractivity contribution in [3.63, 3.8) is 0 Å². The molecule has 0 saturated heterocycles. The standard InChI is InChI=1S/C23H19N3O3/c1-16-11-13-17(14-12-16)22(27)21(29-23(28)18-7-3-2-4-8-18)15-26-20-10-6-5-9-19(20)24-25-26/h2-14,21H,15H2,1H3. The van der Waals surface area contributed by atoms with E-state index in [4.69, 9.17) is 4.74 Å². The van der Waals surface area contributed by atoms with E-state index < -0.39 is 12.1 Å². The Kier molecular flexibility index (Phi) is 5.16. The summed E-state index contributed by atoms with van der Waals surface area (Å²) in [6, 6.07) is 23.2. The van der Waals surface area contributed by atoms with Gasteiger partial charge in [0.15, 0.2) is 6.10 Å². The molecule has 0 bridgehead atoms. The van der Waals surface area contributed by atoms with Crippen molar-refractivity contribution in [3.8, 4) is 0 Å². The zero-order valence-electron chi connectivity index (χ0n) is 15.9. The maximum absolute atomic E-state index is 13.1. The highest BCUT2D eigenvalue weighted by atomic mass is 16.5. The molecule has 1 aromatic heterocycles. The lowest BCUT2D eigenvalue weighted by molar-refractivity contribution is 0.0245. The van der Waals surface area contributed by atoms with Crippen molar-refractivity contribution in [1.82, 2.24) is 15.0 Å². The molecule has 29 heavy (non-hydrogen) atoms. The molecule has 0 aliphatic heterocycles. The van der Waals surface area contributed by atoms with Crippen molar-refractivity contribution < 1.29 is 14.3 Å². The van der Waals surface area contributed by atoms with Crippen molar-refractivity contribution in [2.75, 3.05) is 0 Å². The Morgan fingerprint density at radius 2 is 1.59 bits per heavy atom. The first-order valence-electron chi connectivity index (χ1n) is 9.27. The van der Waals surface area contributed by atoms with Gasteiger partial charge in [-0.2, -0.15) is 0 Å². The molecule has 6 nitrogen and oxygen atoms in total. The fourth-order valence-corrected chi connectivity index (χ4v) is 3.06. The third-order valence-electron chi connectivity index (χ3n) is 4.65. The van der Waals surface area contributed by atoms with Gasteiger partial charge < -0.3 is 4.74 Å². The summed E-state index contributed by atoms with van der Waals surface area (Å²) in [4.78, 5) is 25.8. The largest absolute Gasteiger partial charge is 0.448 e. The molecule has 0 fully saturated rings. The highest BCUT2D eigenvalue weighted by Gasteiger charge is 2.26. The maximum Gasteiger partial charge on any atom is 0.338 e. The van der Waals surface area contributed by atoms with Crippen LogP contribution < -0.4 is 0 Å². The Bertz CT molecular complexity index is 1150. The number of carbonyl (C=O) groups excluding carboxylic acids is 2. The van der Waals surface area contributed by atoms with E-state index >= 15 is 0 Å². The van der Waals surface area contributed by atoms with Crippen LogP contribution in [0.25, 0.3) is 11.0 Å². The van der Waals surface area contributed by atoms with Crippen LogP contribution in [-0.2, 0) is 11.3 Å². The highest BCUT2D eigenvalue weighted by Crippen LogP contribution is 2.16. The summed E-state index contributed by atoms with van der Waals surface area (Å²) in [5, 5.41) is 8.24. The van der Waals surface area contributed by atoms with Crippen molar-refractivity contribution in [2.45, 2.75) is 19.6 Å². The van der Waals surface area contributed by atoms with Gasteiger partial charge in [-0.3, -0.25) is 4.79 Å². The first kappa shape index (κ1) is 18.6. The van der Waals surface area contributed by atoms with Crippen LogP contribution in [0.15, 0.2) is 78.9 Å². The van der Waals surface area contributed by atoms with Gasteiger partial charge >= 0.3 is 5.97 Å². The predicted octanol–water partition coefficient (Wildman–Crippen LogP) is 3.85. The van der Waals surface area contributed by atoms with Gasteiger partial charge in [0.25, 0.3) is 0 Å². The quantitative estimate of drug-likeness (QED) is 0.372. The summed E-state index contributed by atoms with van der Waals surface area (Å²) < 4.78 is 7.22. The zero-order valence-corrected chi connectivity index (χ0v) is 15.9. The van der Waals surface area contributed by atoms with Crippen LogP contribution in [0.5, 0.6) is 0 Å². The topological polar surface area (TPSA) is 74.1 Å². The summed E-state index contributed by atoms with van der Waals surface area (Å²) in [6.45, 7) is 2.02. The third kappa shape index (κ3) is 4.06. The molecule has 0 radical (unpaired) electrons. The second-order valence-electron chi connectivity index (χ2n) is 6.75. The van der Waals surface area contributed by atoms with E-state index in [9.17, 15) is 9.59 Å². The minimum absolute atomic E-state index is 0.0752. The zero-order chi connectivity index (χ0) is 20.2. The molecule has 0 amide bonds. The first-order valence-corrected chi connectivity index (χ1v) is 9.27. The van der Waals surface area contributed by atoms with E-state index in [0.29, 0.717) is 16.6 Å². The minimum atomic E-state index is -1.03. The Labute approximate surface area is 167 Å². The molecule has 1 unspecified atom stereocenters. The number of hydrogen-bond donors (Lipinski definition) is 0. The number of rotatable bonds is 6. The second kappa shape index (κ2) is 8.06. The van der Waals surface area contributed by atoms with E-state index in [2.05, 4.69) is 10.3 Å². The molecule has 0 saturated carbocycles. The molecule has 0 aliphatic rings. The number of ketones is 1. The van der Waals surface area contributed by atoms with Crippen LogP contribution in [-0.4, -0.2) is 32.9 Å². The van der Waals surface area contributed by atoms with Crippen molar-refractivity contribution in [1.29, 1.82) is 0 Å². The molecule has 6 heteroatoms. The van der Waals surface area contributed by atoms with Crippen molar-refractivity contribution >= 4 is 22.8 Å². The predicted molar refractivity (Wildman–Crippen MR) is 109 cm³/mol. The maximum atomic E-state index is 13.1. The van der Waals surface area contributed by atoms with Crippen molar-refractivity contribution in [2.24, 2.45) is 0 Å². The number of carbonyl (C=O) groups is 2. The normalized spacial score (nSPS) is 11.9. The summed E-state index contributed by atoms with van der Waals surface area (Å²) in [5.74, 6) is -0.839. The molecule has 144 valence electrons. The first-order chi connectivity index (χ1) is 14.1. The van der Waals surface area contributed by atoms with E-state index in [-0.39, 0.29) is 12.3 Å². The molecule has 0 spiro atoms. The average molecular weight is 385 g/mol. The SMILES string of the molecule is Cc1ccc(C(=O)C(Cn2nnc3ccccc32)OC(=O)c2ccccc2)cc1. The Hall–Kier alpha value is -3.80. The van der Waals surface area contributed by atoms with Crippen LogP contribution in [0.4, 0.5) is 0 Å². The van der Waals surface area contributed by atoms with Crippen molar-refractivity contribution in [3.05, 3.63) is 95.6 Å². The van der Waals surface area contributed by atoms with Gasteiger partial charge in [0.2, 0.25) is 5.78 Å². The number of para-hydroxylation sites is 1. The number of benzene rings is 3. The minimum Gasteiger partial charge on any atom is -0.448 e. The number of fused-ring (bicyclic) bond motifs is 1.